The van der Waals surface area contributed by atoms with E-state index in [4.69, 9.17) is 14.5 Å². The van der Waals surface area contributed by atoms with Crippen molar-refractivity contribution >= 4 is 28.3 Å². The molecule has 9 heteroatoms. The van der Waals surface area contributed by atoms with E-state index in [1.807, 2.05) is 103 Å². The first-order valence-corrected chi connectivity index (χ1v) is 15.1. The third-order valence-corrected chi connectivity index (χ3v) is 8.21. The van der Waals surface area contributed by atoms with Crippen molar-refractivity contribution in [2.45, 2.75) is 19.9 Å². The normalized spacial score (nSPS) is 14.9. The van der Waals surface area contributed by atoms with Crippen LogP contribution in [0.4, 0.5) is 5.69 Å². The number of aromatic nitrogens is 2. The van der Waals surface area contributed by atoms with Crippen molar-refractivity contribution in [2.75, 3.05) is 44.9 Å². The molecule has 1 atom stereocenters. The van der Waals surface area contributed by atoms with E-state index in [0.717, 1.165) is 39.0 Å². The van der Waals surface area contributed by atoms with Gasteiger partial charge in [0, 0.05) is 43.1 Å². The Morgan fingerprint density at radius 3 is 2.51 bits per heavy atom. The van der Waals surface area contributed by atoms with Gasteiger partial charge in [-0.15, -0.1) is 0 Å². The standard InChI is InChI=1S/C36H36N4O5/c1-4-45-30-10-7-9-27(19-30)40-22-33(37-34(40)25-14-12-24(2)13-15-25)35(42)39-17-16-38(21-29(39)23-41)28-18-26-8-5-6-11-31(26)32(20-28)36(43)44-3/h5-15,18-20,22,29,41H,4,16-17,21,23H2,1-3H3. The van der Waals surface area contributed by atoms with E-state index in [2.05, 4.69) is 4.90 Å². The van der Waals surface area contributed by atoms with E-state index >= 15 is 0 Å². The second-order valence-corrected chi connectivity index (χ2v) is 11.1. The number of benzene rings is 4. The van der Waals surface area contributed by atoms with Gasteiger partial charge in [-0.1, -0.05) is 60.2 Å². The molecule has 1 aromatic heterocycles. The lowest BCUT2D eigenvalue weighted by atomic mass is 10.0. The monoisotopic (exact) mass is 604 g/mol. The number of carbonyl (C=O) groups is 2. The predicted octanol–water partition coefficient (Wildman–Crippen LogP) is 5.51. The van der Waals surface area contributed by atoms with Crippen molar-refractivity contribution in [3.63, 3.8) is 0 Å². The van der Waals surface area contributed by atoms with Crippen LogP contribution in [0.2, 0.25) is 0 Å². The van der Waals surface area contributed by atoms with Gasteiger partial charge in [0.25, 0.3) is 5.91 Å². The number of ether oxygens (including phenoxy) is 2. The Hall–Kier alpha value is -5.15. The van der Waals surface area contributed by atoms with Crippen LogP contribution in [0.15, 0.2) is 91.1 Å². The number of methoxy groups -OCH3 is 1. The van der Waals surface area contributed by atoms with Gasteiger partial charge in [0.15, 0.2) is 0 Å². The molecule has 0 bridgehead atoms. The summed E-state index contributed by atoms with van der Waals surface area (Å²) >= 11 is 0. The van der Waals surface area contributed by atoms with Gasteiger partial charge in [-0.25, -0.2) is 9.78 Å². The summed E-state index contributed by atoms with van der Waals surface area (Å²) in [4.78, 5) is 35.3. The summed E-state index contributed by atoms with van der Waals surface area (Å²) in [5, 5.41) is 12.2. The average molecular weight is 605 g/mol. The van der Waals surface area contributed by atoms with E-state index in [-0.39, 0.29) is 18.2 Å². The predicted molar refractivity (Wildman–Crippen MR) is 174 cm³/mol. The zero-order valence-corrected chi connectivity index (χ0v) is 25.6. The number of fused-ring (bicyclic) bond motifs is 1. The molecule has 0 aliphatic carbocycles. The van der Waals surface area contributed by atoms with Gasteiger partial charge in [-0.05, 0) is 48.9 Å². The lowest BCUT2D eigenvalue weighted by Gasteiger charge is -2.41. The van der Waals surface area contributed by atoms with E-state index in [0.29, 0.717) is 37.6 Å². The average Bonchev–Trinajstić information content (AvgIpc) is 3.53. The van der Waals surface area contributed by atoms with Crippen LogP contribution >= 0.6 is 0 Å². The Balaban J connectivity index is 1.31. The van der Waals surface area contributed by atoms with Crippen LogP contribution in [0.25, 0.3) is 27.8 Å². The molecule has 45 heavy (non-hydrogen) atoms. The number of anilines is 1. The number of esters is 1. The molecule has 1 aliphatic heterocycles. The van der Waals surface area contributed by atoms with Gasteiger partial charge in [-0.3, -0.25) is 9.36 Å². The zero-order chi connectivity index (χ0) is 31.5. The Labute approximate surface area is 262 Å². The van der Waals surface area contributed by atoms with E-state index in [1.165, 1.54) is 7.11 Å². The zero-order valence-electron chi connectivity index (χ0n) is 25.6. The molecule has 230 valence electrons. The van der Waals surface area contributed by atoms with Crippen molar-refractivity contribution in [1.29, 1.82) is 0 Å². The highest BCUT2D eigenvalue weighted by Gasteiger charge is 2.33. The molecular weight excluding hydrogens is 568 g/mol. The summed E-state index contributed by atoms with van der Waals surface area (Å²) < 4.78 is 12.7. The quantitative estimate of drug-likeness (QED) is 0.233. The fourth-order valence-electron chi connectivity index (χ4n) is 5.89. The molecule has 1 fully saturated rings. The number of carbonyl (C=O) groups excluding carboxylic acids is 2. The van der Waals surface area contributed by atoms with Crippen LogP contribution in [0.1, 0.15) is 33.3 Å². The molecule has 0 spiro atoms. The number of aryl methyl sites for hydroxylation is 1. The number of imidazole rings is 1. The SMILES string of the molecule is CCOc1cccc(-n2cc(C(=O)N3CCN(c4cc(C(=O)OC)c5ccccc5c4)CC3CO)nc2-c2ccc(C)cc2)c1. The number of piperazine rings is 1. The number of hydrogen-bond acceptors (Lipinski definition) is 7. The molecule has 0 radical (unpaired) electrons. The highest BCUT2D eigenvalue weighted by Crippen LogP contribution is 2.30. The first kappa shape index (κ1) is 29.9. The van der Waals surface area contributed by atoms with Gasteiger partial charge >= 0.3 is 5.97 Å². The van der Waals surface area contributed by atoms with Crippen molar-refractivity contribution < 1.29 is 24.2 Å². The first-order chi connectivity index (χ1) is 21.9. The number of hydrogen-bond donors (Lipinski definition) is 1. The minimum atomic E-state index is -0.478. The van der Waals surface area contributed by atoms with Crippen molar-refractivity contribution in [3.05, 3.63) is 108 Å². The molecule has 2 heterocycles. The summed E-state index contributed by atoms with van der Waals surface area (Å²) in [7, 11) is 1.37. The highest BCUT2D eigenvalue weighted by molar-refractivity contribution is 6.06. The maximum atomic E-state index is 14.1. The second-order valence-electron chi connectivity index (χ2n) is 11.1. The summed E-state index contributed by atoms with van der Waals surface area (Å²) in [5.41, 5.74) is 4.43. The second kappa shape index (κ2) is 12.8. The Bertz CT molecular complexity index is 1850. The summed E-state index contributed by atoms with van der Waals surface area (Å²) in [6, 6.07) is 26.8. The van der Waals surface area contributed by atoms with E-state index < -0.39 is 12.0 Å². The topological polar surface area (TPSA) is 97.1 Å². The van der Waals surface area contributed by atoms with E-state index in [1.54, 1.807) is 11.1 Å². The largest absolute Gasteiger partial charge is 0.494 e. The molecule has 4 aromatic carbocycles. The number of aliphatic hydroxyl groups excluding tert-OH is 1. The third kappa shape index (κ3) is 5.99. The number of nitrogens with zero attached hydrogens (tertiary/aromatic N) is 4. The maximum Gasteiger partial charge on any atom is 0.338 e. The lowest BCUT2D eigenvalue weighted by Crippen LogP contribution is -2.56. The first-order valence-electron chi connectivity index (χ1n) is 15.1. The van der Waals surface area contributed by atoms with Crippen LogP contribution < -0.4 is 9.64 Å². The molecule has 5 aromatic rings. The van der Waals surface area contributed by atoms with Gasteiger partial charge in [0.1, 0.15) is 17.3 Å². The highest BCUT2D eigenvalue weighted by atomic mass is 16.5. The molecule has 0 saturated carbocycles. The van der Waals surface area contributed by atoms with Crippen molar-refractivity contribution in [3.8, 4) is 22.8 Å². The Morgan fingerprint density at radius 1 is 0.956 bits per heavy atom. The fourth-order valence-corrected chi connectivity index (χ4v) is 5.89. The number of aliphatic hydroxyl groups is 1. The maximum absolute atomic E-state index is 14.1. The van der Waals surface area contributed by atoms with Crippen LogP contribution in [-0.2, 0) is 4.74 Å². The van der Waals surface area contributed by atoms with Crippen LogP contribution in [0.3, 0.4) is 0 Å². The fraction of sp³-hybridized carbons (Fsp3) is 0.250. The van der Waals surface area contributed by atoms with Crippen LogP contribution in [-0.4, -0.2) is 77.4 Å². The molecule has 9 nitrogen and oxygen atoms in total. The molecule has 1 unspecified atom stereocenters. The van der Waals surface area contributed by atoms with Gasteiger partial charge < -0.3 is 24.4 Å². The van der Waals surface area contributed by atoms with Gasteiger partial charge in [-0.2, -0.15) is 0 Å². The molecular formula is C36H36N4O5. The molecule has 1 amide bonds. The van der Waals surface area contributed by atoms with Crippen molar-refractivity contribution in [2.24, 2.45) is 0 Å². The van der Waals surface area contributed by atoms with Crippen LogP contribution in [0.5, 0.6) is 5.75 Å². The smallest absolute Gasteiger partial charge is 0.338 e. The van der Waals surface area contributed by atoms with Gasteiger partial charge in [0.05, 0.1) is 37.6 Å². The van der Waals surface area contributed by atoms with Crippen LogP contribution in [0, 0.1) is 6.92 Å². The Morgan fingerprint density at radius 2 is 1.76 bits per heavy atom. The molecule has 6 rings (SSSR count). The summed E-state index contributed by atoms with van der Waals surface area (Å²) in [6.07, 6.45) is 1.76. The molecule has 1 N–H and O–H groups in total. The summed E-state index contributed by atoms with van der Waals surface area (Å²) in [5.74, 6) is 0.701. The Kier molecular flexibility index (Phi) is 8.53. The van der Waals surface area contributed by atoms with Gasteiger partial charge in [0.2, 0.25) is 0 Å². The molecule has 1 saturated heterocycles. The minimum Gasteiger partial charge on any atom is -0.494 e. The minimum absolute atomic E-state index is 0.221. The van der Waals surface area contributed by atoms with Crippen molar-refractivity contribution in [1.82, 2.24) is 14.5 Å². The number of rotatable bonds is 8. The molecule has 1 aliphatic rings. The lowest BCUT2D eigenvalue weighted by molar-refractivity contribution is 0.0560. The van der Waals surface area contributed by atoms with E-state index in [9.17, 15) is 14.7 Å². The number of amides is 1. The third-order valence-electron chi connectivity index (χ3n) is 8.21. The summed E-state index contributed by atoms with van der Waals surface area (Å²) in [6.45, 7) is 5.57.